The minimum Gasteiger partial charge on any atom is -0.381 e. The highest BCUT2D eigenvalue weighted by Crippen LogP contribution is 2.12. The molecule has 1 heteroatoms. The lowest BCUT2D eigenvalue weighted by molar-refractivity contribution is 0.125. The van der Waals surface area contributed by atoms with Crippen LogP contribution in [0.4, 0.5) is 0 Å². The summed E-state index contributed by atoms with van der Waals surface area (Å²) >= 11 is 0. The van der Waals surface area contributed by atoms with Gasteiger partial charge in [0.05, 0.1) is 0 Å². The van der Waals surface area contributed by atoms with Gasteiger partial charge in [0.2, 0.25) is 0 Å². The first-order valence-electron chi connectivity index (χ1n) is 6.58. The molecule has 0 saturated carbocycles. The molecule has 0 unspecified atom stereocenters. The van der Waals surface area contributed by atoms with Gasteiger partial charge in [-0.2, -0.15) is 0 Å². The molecule has 1 saturated heterocycles. The maximum atomic E-state index is 5.58. The van der Waals surface area contributed by atoms with Gasteiger partial charge in [0.25, 0.3) is 0 Å². The van der Waals surface area contributed by atoms with Crippen molar-refractivity contribution in [2.24, 2.45) is 0 Å². The van der Waals surface area contributed by atoms with Crippen LogP contribution in [0.5, 0.6) is 0 Å². The molecule has 0 N–H and O–H groups in total. The molecule has 0 spiro atoms. The highest BCUT2D eigenvalue weighted by Gasteiger charge is 1.96. The van der Waals surface area contributed by atoms with Crippen LogP contribution >= 0.6 is 0 Å². The third-order valence-electron chi connectivity index (χ3n) is 3.08. The third-order valence-corrected chi connectivity index (χ3v) is 3.08. The van der Waals surface area contributed by atoms with Gasteiger partial charge in [-0.15, -0.1) is 0 Å². The van der Waals surface area contributed by atoms with E-state index >= 15 is 0 Å². The van der Waals surface area contributed by atoms with Crippen molar-refractivity contribution in [3.8, 4) is 0 Å². The second kappa shape index (κ2) is 9.51. The summed E-state index contributed by atoms with van der Waals surface area (Å²) in [5, 5.41) is 0. The van der Waals surface area contributed by atoms with Crippen molar-refractivity contribution < 1.29 is 4.74 Å². The van der Waals surface area contributed by atoms with Crippen LogP contribution in [-0.4, -0.2) is 13.2 Å². The smallest absolute Gasteiger partial charge is 0.0466 e. The molecule has 1 heterocycles. The van der Waals surface area contributed by atoms with E-state index in [0.717, 1.165) is 13.2 Å². The molecule has 0 bridgehead atoms. The topological polar surface area (TPSA) is 9.23 Å². The highest BCUT2D eigenvalue weighted by molar-refractivity contribution is 4.49. The standard InChI is InChI=1S/C13H26O/c1-2-4-6-8-10-12-14-13-11-9-7-5-3-1/h1-13H2. The Morgan fingerprint density at radius 2 is 0.643 bits per heavy atom. The Labute approximate surface area is 89.2 Å². The van der Waals surface area contributed by atoms with Gasteiger partial charge in [-0.05, 0) is 12.8 Å². The summed E-state index contributed by atoms with van der Waals surface area (Å²) in [4.78, 5) is 0. The summed E-state index contributed by atoms with van der Waals surface area (Å²) in [6, 6.07) is 0. The summed E-state index contributed by atoms with van der Waals surface area (Å²) < 4.78 is 5.58. The Balaban J connectivity index is 2.00. The van der Waals surface area contributed by atoms with Crippen molar-refractivity contribution >= 4 is 0 Å². The molecule has 1 aliphatic rings. The molecule has 0 aromatic carbocycles. The van der Waals surface area contributed by atoms with Gasteiger partial charge in [0, 0.05) is 13.2 Å². The SMILES string of the molecule is C1CCCCCCOCCCCCC1. The summed E-state index contributed by atoms with van der Waals surface area (Å²) in [6.45, 7) is 2.00. The van der Waals surface area contributed by atoms with Crippen molar-refractivity contribution in [1.82, 2.24) is 0 Å². The Hall–Kier alpha value is -0.0400. The van der Waals surface area contributed by atoms with Gasteiger partial charge in [-0.3, -0.25) is 0 Å². The Bertz CT molecular complexity index is 58.5. The van der Waals surface area contributed by atoms with Crippen LogP contribution in [0.3, 0.4) is 0 Å². The first kappa shape index (κ1) is 12.0. The predicted molar refractivity (Wildman–Crippen MR) is 61.6 cm³/mol. The van der Waals surface area contributed by atoms with E-state index in [4.69, 9.17) is 4.74 Å². The molecular weight excluding hydrogens is 172 g/mol. The zero-order valence-corrected chi connectivity index (χ0v) is 9.60. The monoisotopic (exact) mass is 198 g/mol. The summed E-state index contributed by atoms with van der Waals surface area (Å²) in [6.07, 6.45) is 15.4. The fourth-order valence-electron chi connectivity index (χ4n) is 2.10. The zero-order valence-electron chi connectivity index (χ0n) is 9.60. The van der Waals surface area contributed by atoms with E-state index in [0.29, 0.717) is 0 Å². The lowest BCUT2D eigenvalue weighted by Crippen LogP contribution is -1.97. The average molecular weight is 198 g/mol. The van der Waals surface area contributed by atoms with E-state index in [1.54, 1.807) is 0 Å². The van der Waals surface area contributed by atoms with E-state index < -0.39 is 0 Å². The van der Waals surface area contributed by atoms with E-state index in [9.17, 15) is 0 Å². The Morgan fingerprint density at radius 3 is 1.00 bits per heavy atom. The fourth-order valence-corrected chi connectivity index (χ4v) is 2.10. The molecular formula is C13H26O. The molecule has 0 atom stereocenters. The molecule has 0 aliphatic carbocycles. The maximum absolute atomic E-state index is 5.58. The Morgan fingerprint density at radius 1 is 0.357 bits per heavy atom. The normalized spacial score (nSPS) is 24.0. The number of hydrogen-bond donors (Lipinski definition) is 0. The lowest BCUT2D eigenvalue weighted by atomic mass is 10.1. The molecule has 1 nitrogen and oxygen atoms in total. The van der Waals surface area contributed by atoms with Gasteiger partial charge in [0.1, 0.15) is 0 Å². The van der Waals surface area contributed by atoms with Crippen molar-refractivity contribution in [2.75, 3.05) is 13.2 Å². The van der Waals surface area contributed by atoms with Crippen LogP contribution in [-0.2, 0) is 4.74 Å². The minimum atomic E-state index is 1.00. The number of hydrogen-bond acceptors (Lipinski definition) is 1. The third kappa shape index (κ3) is 7.37. The second-order valence-corrected chi connectivity index (χ2v) is 4.50. The molecule has 0 radical (unpaired) electrons. The van der Waals surface area contributed by atoms with Crippen molar-refractivity contribution in [1.29, 1.82) is 0 Å². The minimum absolute atomic E-state index is 1.00. The van der Waals surface area contributed by atoms with Gasteiger partial charge in [-0.25, -0.2) is 0 Å². The van der Waals surface area contributed by atoms with Crippen molar-refractivity contribution in [2.45, 2.75) is 70.6 Å². The van der Waals surface area contributed by atoms with Crippen LogP contribution in [0.1, 0.15) is 70.6 Å². The lowest BCUT2D eigenvalue weighted by Gasteiger charge is -2.06. The molecule has 0 aromatic heterocycles. The first-order chi connectivity index (χ1) is 7.00. The maximum Gasteiger partial charge on any atom is 0.0466 e. The van der Waals surface area contributed by atoms with Crippen LogP contribution in [0.15, 0.2) is 0 Å². The van der Waals surface area contributed by atoms with E-state index in [1.165, 1.54) is 70.6 Å². The quantitative estimate of drug-likeness (QED) is 0.563. The van der Waals surface area contributed by atoms with Gasteiger partial charge < -0.3 is 4.74 Å². The Kier molecular flexibility index (Phi) is 8.18. The van der Waals surface area contributed by atoms with Crippen molar-refractivity contribution in [3.05, 3.63) is 0 Å². The molecule has 1 fully saturated rings. The molecule has 1 aliphatic heterocycles. The van der Waals surface area contributed by atoms with E-state index in [-0.39, 0.29) is 0 Å². The van der Waals surface area contributed by atoms with Gasteiger partial charge >= 0.3 is 0 Å². The molecule has 1 rings (SSSR count). The predicted octanol–water partition coefficient (Wildman–Crippen LogP) is 4.31. The van der Waals surface area contributed by atoms with Crippen LogP contribution in [0, 0.1) is 0 Å². The summed E-state index contributed by atoms with van der Waals surface area (Å²) in [5.74, 6) is 0. The first-order valence-corrected chi connectivity index (χ1v) is 6.58. The molecule has 84 valence electrons. The van der Waals surface area contributed by atoms with Crippen LogP contribution in [0.25, 0.3) is 0 Å². The zero-order chi connectivity index (χ0) is 9.90. The number of ether oxygens (including phenoxy) is 1. The number of rotatable bonds is 0. The molecule has 14 heavy (non-hydrogen) atoms. The second-order valence-electron chi connectivity index (χ2n) is 4.50. The summed E-state index contributed by atoms with van der Waals surface area (Å²) in [5.41, 5.74) is 0. The van der Waals surface area contributed by atoms with Gasteiger partial charge in [-0.1, -0.05) is 57.8 Å². The highest BCUT2D eigenvalue weighted by atomic mass is 16.5. The van der Waals surface area contributed by atoms with E-state index in [2.05, 4.69) is 0 Å². The van der Waals surface area contributed by atoms with Crippen molar-refractivity contribution in [3.63, 3.8) is 0 Å². The molecule has 0 aromatic rings. The average Bonchev–Trinajstić information content (AvgIpc) is 2.22. The fraction of sp³-hybridized carbons (Fsp3) is 1.00. The van der Waals surface area contributed by atoms with E-state index in [1.807, 2.05) is 0 Å². The van der Waals surface area contributed by atoms with Gasteiger partial charge in [0.15, 0.2) is 0 Å². The summed E-state index contributed by atoms with van der Waals surface area (Å²) in [7, 11) is 0. The molecule has 0 amide bonds. The van der Waals surface area contributed by atoms with Crippen LogP contribution in [0.2, 0.25) is 0 Å². The van der Waals surface area contributed by atoms with Crippen LogP contribution < -0.4 is 0 Å². The largest absolute Gasteiger partial charge is 0.381 e.